The van der Waals surface area contributed by atoms with E-state index in [1.54, 1.807) is 6.33 Å². The molecule has 1 unspecified atom stereocenters. The average Bonchev–Trinajstić information content (AvgIpc) is 3.01. The molecule has 0 radical (unpaired) electrons. The van der Waals surface area contributed by atoms with Gasteiger partial charge >= 0.3 is 0 Å². The van der Waals surface area contributed by atoms with Gasteiger partial charge in [-0.15, -0.1) is 0 Å². The first kappa shape index (κ1) is 13.2. The third kappa shape index (κ3) is 3.22. The molecule has 1 aliphatic rings. The molecule has 0 aliphatic carbocycles. The highest BCUT2D eigenvalue weighted by atomic mass is 19.1. The van der Waals surface area contributed by atoms with E-state index >= 15 is 0 Å². The van der Waals surface area contributed by atoms with E-state index in [1.807, 2.05) is 6.20 Å². The molecule has 1 saturated heterocycles. The summed E-state index contributed by atoms with van der Waals surface area (Å²) in [6.07, 6.45) is 5.30. The number of aromatic nitrogens is 2. The molecule has 1 aromatic carbocycles. The number of hydrogen-bond donors (Lipinski definition) is 1. The van der Waals surface area contributed by atoms with E-state index in [4.69, 9.17) is 0 Å². The Bertz CT molecular complexity index is 548. The Hall–Kier alpha value is -1.75. The molecular formula is C15H17F2N3. The Labute approximate surface area is 116 Å². The zero-order valence-electron chi connectivity index (χ0n) is 11.1. The number of imidazole rings is 1. The summed E-state index contributed by atoms with van der Waals surface area (Å²) in [4.78, 5) is 9.44. The van der Waals surface area contributed by atoms with Gasteiger partial charge in [0.2, 0.25) is 0 Å². The SMILES string of the molecule is Fc1cc(F)cc(CC2CCN(Cc3cnc[nH]3)C2)c1. The zero-order valence-corrected chi connectivity index (χ0v) is 11.1. The van der Waals surface area contributed by atoms with E-state index in [2.05, 4.69) is 14.9 Å². The van der Waals surface area contributed by atoms with Crippen molar-refractivity contribution in [2.24, 2.45) is 5.92 Å². The van der Waals surface area contributed by atoms with Crippen molar-refractivity contribution in [2.75, 3.05) is 13.1 Å². The minimum absolute atomic E-state index is 0.458. The van der Waals surface area contributed by atoms with Crippen molar-refractivity contribution in [3.05, 3.63) is 53.6 Å². The first-order chi connectivity index (χ1) is 9.69. The van der Waals surface area contributed by atoms with Crippen LogP contribution in [0.1, 0.15) is 17.7 Å². The predicted molar refractivity (Wildman–Crippen MR) is 72.0 cm³/mol. The highest BCUT2D eigenvalue weighted by molar-refractivity contribution is 5.18. The number of halogens is 2. The molecule has 0 spiro atoms. The van der Waals surface area contributed by atoms with Gasteiger partial charge in [-0.25, -0.2) is 13.8 Å². The van der Waals surface area contributed by atoms with Gasteiger partial charge in [-0.3, -0.25) is 4.90 Å². The molecule has 1 aromatic heterocycles. The third-order valence-corrected chi connectivity index (χ3v) is 3.77. The number of benzene rings is 1. The lowest BCUT2D eigenvalue weighted by Crippen LogP contribution is -2.20. The van der Waals surface area contributed by atoms with Crippen LogP contribution in [0.25, 0.3) is 0 Å². The number of H-pyrrole nitrogens is 1. The standard InChI is InChI=1S/C15H17F2N3/c16-13-4-12(5-14(17)6-13)3-11-1-2-20(8-11)9-15-7-18-10-19-15/h4-7,10-11H,1-3,8-9H2,(H,18,19). The number of rotatable bonds is 4. The second kappa shape index (κ2) is 5.71. The van der Waals surface area contributed by atoms with Crippen LogP contribution < -0.4 is 0 Å². The maximum atomic E-state index is 13.2. The van der Waals surface area contributed by atoms with E-state index < -0.39 is 11.6 Å². The van der Waals surface area contributed by atoms with Crippen LogP contribution in [0, 0.1) is 17.6 Å². The van der Waals surface area contributed by atoms with Crippen molar-refractivity contribution in [1.29, 1.82) is 0 Å². The Morgan fingerprint density at radius 2 is 2.05 bits per heavy atom. The van der Waals surface area contributed by atoms with Gasteiger partial charge in [0.05, 0.1) is 6.33 Å². The third-order valence-electron chi connectivity index (χ3n) is 3.77. The summed E-state index contributed by atoms with van der Waals surface area (Å²) in [7, 11) is 0. The van der Waals surface area contributed by atoms with Crippen molar-refractivity contribution in [3.63, 3.8) is 0 Å². The minimum Gasteiger partial charge on any atom is -0.347 e. The second-order valence-electron chi connectivity index (χ2n) is 5.45. The van der Waals surface area contributed by atoms with Crippen LogP contribution >= 0.6 is 0 Å². The van der Waals surface area contributed by atoms with Crippen LogP contribution in [0.2, 0.25) is 0 Å². The highest BCUT2D eigenvalue weighted by Crippen LogP contribution is 2.22. The molecule has 2 heterocycles. The molecule has 0 saturated carbocycles. The molecule has 3 nitrogen and oxygen atoms in total. The Kier molecular flexibility index (Phi) is 3.78. The zero-order chi connectivity index (χ0) is 13.9. The summed E-state index contributed by atoms with van der Waals surface area (Å²) >= 11 is 0. The summed E-state index contributed by atoms with van der Waals surface area (Å²) in [6, 6.07) is 3.78. The van der Waals surface area contributed by atoms with Gasteiger partial charge < -0.3 is 4.98 Å². The Morgan fingerprint density at radius 3 is 2.75 bits per heavy atom. The normalized spacial score (nSPS) is 19.6. The molecule has 1 N–H and O–H groups in total. The number of hydrogen-bond acceptors (Lipinski definition) is 2. The Morgan fingerprint density at radius 1 is 1.25 bits per heavy atom. The fourth-order valence-corrected chi connectivity index (χ4v) is 2.90. The van der Waals surface area contributed by atoms with Gasteiger partial charge in [0, 0.05) is 31.0 Å². The fraction of sp³-hybridized carbons (Fsp3) is 0.400. The monoisotopic (exact) mass is 277 g/mol. The van der Waals surface area contributed by atoms with E-state index in [0.29, 0.717) is 5.92 Å². The summed E-state index contributed by atoms with van der Waals surface area (Å²) in [5, 5.41) is 0. The molecule has 1 fully saturated rings. The van der Waals surface area contributed by atoms with Crippen LogP contribution in [-0.4, -0.2) is 28.0 Å². The maximum Gasteiger partial charge on any atom is 0.126 e. The summed E-state index contributed by atoms with van der Waals surface area (Å²) in [5.74, 6) is -0.529. The second-order valence-corrected chi connectivity index (χ2v) is 5.45. The molecule has 5 heteroatoms. The van der Waals surface area contributed by atoms with Crippen LogP contribution in [0.3, 0.4) is 0 Å². The number of nitrogens with zero attached hydrogens (tertiary/aromatic N) is 2. The van der Waals surface area contributed by atoms with Crippen molar-refractivity contribution < 1.29 is 8.78 Å². The Balaban J connectivity index is 1.57. The van der Waals surface area contributed by atoms with E-state index in [-0.39, 0.29) is 0 Å². The van der Waals surface area contributed by atoms with Gasteiger partial charge in [-0.2, -0.15) is 0 Å². The molecule has 106 valence electrons. The first-order valence-electron chi connectivity index (χ1n) is 6.83. The molecule has 1 aliphatic heterocycles. The quantitative estimate of drug-likeness (QED) is 0.932. The maximum absolute atomic E-state index is 13.2. The lowest BCUT2D eigenvalue weighted by Gasteiger charge is -2.15. The molecule has 1 atom stereocenters. The highest BCUT2D eigenvalue weighted by Gasteiger charge is 2.23. The van der Waals surface area contributed by atoms with Crippen LogP contribution in [0.4, 0.5) is 8.78 Å². The largest absolute Gasteiger partial charge is 0.347 e. The van der Waals surface area contributed by atoms with E-state index in [9.17, 15) is 8.78 Å². The van der Waals surface area contributed by atoms with Gasteiger partial charge in [-0.1, -0.05) is 0 Å². The minimum atomic E-state index is -0.493. The van der Waals surface area contributed by atoms with Crippen molar-refractivity contribution in [2.45, 2.75) is 19.4 Å². The lowest BCUT2D eigenvalue weighted by molar-refractivity contribution is 0.313. The fourth-order valence-electron chi connectivity index (χ4n) is 2.90. The van der Waals surface area contributed by atoms with E-state index in [1.165, 1.54) is 12.1 Å². The molecule has 2 aromatic rings. The topological polar surface area (TPSA) is 31.9 Å². The lowest BCUT2D eigenvalue weighted by atomic mass is 9.98. The summed E-state index contributed by atoms with van der Waals surface area (Å²) in [5.41, 5.74) is 1.85. The first-order valence-corrected chi connectivity index (χ1v) is 6.83. The van der Waals surface area contributed by atoms with Gasteiger partial charge in [-0.05, 0) is 43.0 Å². The van der Waals surface area contributed by atoms with Gasteiger partial charge in [0.15, 0.2) is 0 Å². The van der Waals surface area contributed by atoms with Crippen LogP contribution in [-0.2, 0) is 13.0 Å². The van der Waals surface area contributed by atoms with Gasteiger partial charge in [0.1, 0.15) is 11.6 Å². The smallest absolute Gasteiger partial charge is 0.126 e. The molecule has 0 bridgehead atoms. The summed E-state index contributed by atoms with van der Waals surface area (Å²) in [6.45, 7) is 2.83. The number of aromatic amines is 1. The van der Waals surface area contributed by atoms with Crippen LogP contribution in [0.15, 0.2) is 30.7 Å². The molecule has 20 heavy (non-hydrogen) atoms. The number of likely N-dealkylation sites (tertiary alicyclic amines) is 1. The van der Waals surface area contributed by atoms with Crippen LogP contribution in [0.5, 0.6) is 0 Å². The summed E-state index contributed by atoms with van der Waals surface area (Å²) < 4.78 is 26.3. The molecule has 0 amide bonds. The van der Waals surface area contributed by atoms with Gasteiger partial charge in [0.25, 0.3) is 0 Å². The van der Waals surface area contributed by atoms with Crippen molar-refractivity contribution >= 4 is 0 Å². The molecular weight excluding hydrogens is 260 g/mol. The average molecular weight is 277 g/mol. The van der Waals surface area contributed by atoms with Crippen molar-refractivity contribution in [3.8, 4) is 0 Å². The number of nitrogens with one attached hydrogen (secondary N) is 1. The van der Waals surface area contributed by atoms with E-state index in [0.717, 1.165) is 49.8 Å². The van der Waals surface area contributed by atoms with Crippen molar-refractivity contribution in [1.82, 2.24) is 14.9 Å². The molecule has 3 rings (SSSR count). The predicted octanol–water partition coefficient (Wildman–Crippen LogP) is 2.75.